The average Bonchev–Trinajstić information content (AvgIpc) is 3.31. The van der Waals surface area contributed by atoms with Crippen LogP contribution < -0.4 is 4.90 Å². The van der Waals surface area contributed by atoms with Crippen LogP contribution in [0, 0.1) is 5.92 Å². The van der Waals surface area contributed by atoms with Crippen LogP contribution in [0.25, 0.3) is 11.3 Å². The second-order valence-corrected chi connectivity index (χ2v) is 9.63. The van der Waals surface area contributed by atoms with Gasteiger partial charge in [-0.2, -0.15) is 0 Å². The van der Waals surface area contributed by atoms with Crippen molar-refractivity contribution >= 4 is 28.1 Å². The van der Waals surface area contributed by atoms with Gasteiger partial charge in [-0.25, -0.2) is 4.98 Å². The molecule has 0 aliphatic heterocycles. The largest absolute Gasteiger partial charge is 0.504 e. The lowest BCUT2D eigenvalue weighted by Crippen LogP contribution is -2.30. The summed E-state index contributed by atoms with van der Waals surface area (Å²) in [4.78, 5) is 20.1. The number of rotatable bonds is 7. The van der Waals surface area contributed by atoms with Crippen LogP contribution in [0.1, 0.15) is 37.8 Å². The number of carbonyl (C=O) groups excluding carboxylic acids is 1. The van der Waals surface area contributed by atoms with E-state index in [-0.39, 0.29) is 23.3 Å². The maximum absolute atomic E-state index is 13.8. The molecule has 4 rings (SSSR count). The highest BCUT2D eigenvalue weighted by atomic mass is 32.1. The van der Waals surface area contributed by atoms with E-state index in [1.54, 1.807) is 11.0 Å². The van der Waals surface area contributed by atoms with E-state index in [4.69, 9.17) is 4.98 Å². The average molecular weight is 473 g/mol. The van der Waals surface area contributed by atoms with Crippen molar-refractivity contribution in [2.45, 2.75) is 33.1 Å². The van der Waals surface area contributed by atoms with Crippen molar-refractivity contribution in [1.29, 1.82) is 0 Å². The Bertz CT molecular complexity index is 1270. The van der Waals surface area contributed by atoms with Crippen molar-refractivity contribution in [3.8, 4) is 22.8 Å². The Labute approximate surface area is 204 Å². The highest BCUT2D eigenvalue weighted by Gasteiger charge is 2.27. The zero-order valence-corrected chi connectivity index (χ0v) is 20.3. The normalized spacial score (nSPS) is 12.0. The van der Waals surface area contributed by atoms with Gasteiger partial charge in [0.25, 0.3) is 0 Å². The Balaban J connectivity index is 1.66. The Morgan fingerprint density at radius 1 is 0.941 bits per heavy atom. The number of aromatic nitrogens is 1. The van der Waals surface area contributed by atoms with Gasteiger partial charge in [-0.05, 0) is 60.7 Å². The number of hydrogen-bond acceptors (Lipinski definition) is 5. The number of phenols is 2. The van der Waals surface area contributed by atoms with Crippen molar-refractivity contribution in [2.24, 2.45) is 5.92 Å². The van der Waals surface area contributed by atoms with E-state index in [0.29, 0.717) is 22.3 Å². The van der Waals surface area contributed by atoms with Crippen LogP contribution in [0.3, 0.4) is 0 Å². The van der Waals surface area contributed by atoms with Gasteiger partial charge < -0.3 is 10.2 Å². The summed E-state index contributed by atoms with van der Waals surface area (Å²) in [6.45, 7) is 6.31. The molecule has 1 unspecified atom stereocenters. The van der Waals surface area contributed by atoms with E-state index >= 15 is 0 Å². The molecule has 5 nitrogen and oxygen atoms in total. The summed E-state index contributed by atoms with van der Waals surface area (Å²) < 4.78 is 0. The number of nitrogens with zero attached hydrogens (tertiary/aromatic N) is 2. The molecular weight excluding hydrogens is 444 g/mol. The number of aromatic hydroxyl groups is 2. The number of para-hydroxylation sites is 1. The van der Waals surface area contributed by atoms with E-state index in [0.717, 1.165) is 17.7 Å². The Kier molecular flexibility index (Phi) is 6.98. The van der Waals surface area contributed by atoms with E-state index < -0.39 is 0 Å². The lowest BCUT2D eigenvalue weighted by Gasteiger charge is -2.24. The summed E-state index contributed by atoms with van der Waals surface area (Å²) in [7, 11) is 0. The lowest BCUT2D eigenvalue weighted by atomic mass is 9.96. The predicted molar refractivity (Wildman–Crippen MR) is 138 cm³/mol. The summed E-state index contributed by atoms with van der Waals surface area (Å²) in [6, 6.07) is 22.3. The van der Waals surface area contributed by atoms with Gasteiger partial charge in [0.05, 0.1) is 17.3 Å². The first kappa shape index (κ1) is 23.5. The molecule has 0 spiro atoms. The SMILES string of the molecule is CC(C)Cc1ccc(C(C)C(=O)N(c2ccccc2)c2nc(-c3ccc(O)c(O)c3)cs2)cc1. The molecule has 1 aromatic heterocycles. The molecule has 2 N–H and O–H groups in total. The minimum Gasteiger partial charge on any atom is -0.504 e. The van der Waals surface area contributed by atoms with Crippen LogP contribution in [0.5, 0.6) is 11.5 Å². The topological polar surface area (TPSA) is 73.7 Å². The third kappa shape index (κ3) is 5.13. The fourth-order valence-corrected chi connectivity index (χ4v) is 4.70. The fourth-order valence-electron chi connectivity index (χ4n) is 3.84. The van der Waals surface area contributed by atoms with Crippen LogP contribution in [0.15, 0.2) is 78.2 Å². The predicted octanol–water partition coefficient (Wildman–Crippen LogP) is 6.89. The van der Waals surface area contributed by atoms with Crippen molar-refractivity contribution in [1.82, 2.24) is 4.98 Å². The maximum Gasteiger partial charge on any atom is 0.240 e. The quantitative estimate of drug-likeness (QED) is 0.287. The fraction of sp³-hybridized carbons (Fsp3) is 0.214. The first-order chi connectivity index (χ1) is 16.3. The van der Waals surface area contributed by atoms with Gasteiger partial charge in [0.2, 0.25) is 5.91 Å². The van der Waals surface area contributed by atoms with Crippen molar-refractivity contribution in [3.63, 3.8) is 0 Å². The van der Waals surface area contributed by atoms with Gasteiger partial charge >= 0.3 is 0 Å². The first-order valence-electron chi connectivity index (χ1n) is 11.3. The molecule has 0 fully saturated rings. The van der Waals surface area contributed by atoms with E-state index in [2.05, 4.69) is 26.0 Å². The smallest absolute Gasteiger partial charge is 0.240 e. The second-order valence-electron chi connectivity index (χ2n) is 8.79. The van der Waals surface area contributed by atoms with Crippen LogP contribution in [-0.2, 0) is 11.2 Å². The van der Waals surface area contributed by atoms with Crippen molar-refractivity contribution < 1.29 is 15.0 Å². The zero-order chi connectivity index (χ0) is 24.2. The molecule has 1 heterocycles. The molecule has 1 amide bonds. The molecule has 34 heavy (non-hydrogen) atoms. The molecule has 0 radical (unpaired) electrons. The number of phenolic OH excluding ortho intramolecular Hbond substituents is 2. The Morgan fingerprint density at radius 3 is 2.29 bits per heavy atom. The van der Waals surface area contributed by atoms with Crippen LogP contribution in [-0.4, -0.2) is 21.1 Å². The van der Waals surface area contributed by atoms with Gasteiger partial charge in [-0.15, -0.1) is 11.3 Å². The van der Waals surface area contributed by atoms with Crippen molar-refractivity contribution in [2.75, 3.05) is 4.90 Å². The Morgan fingerprint density at radius 2 is 1.65 bits per heavy atom. The lowest BCUT2D eigenvalue weighted by molar-refractivity contribution is -0.119. The minimum absolute atomic E-state index is 0.0720. The highest BCUT2D eigenvalue weighted by molar-refractivity contribution is 7.14. The summed E-state index contributed by atoms with van der Waals surface area (Å²) in [6.07, 6.45) is 1.01. The van der Waals surface area contributed by atoms with E-state index in [1.165, 1.54) is 29.0 Å². The molecule has 0 aliphatic rings. The molecular formula is C28H28N2O3S. The van der Waals surface area contributed by atoms with Gasteiger partial charge in [0, 0.05) is 10.9 Å². The maximum atomic E-state index is 13.8. The number of thiazole rings is 1. The van der Waals surface area contributed by atoms with Gasteiger partial charge in [0.15, 0.2) is 16.6 Å². The summed E-state index contributed by atoms with van der Waals surface area (Å²) in [5, 5.41) is 21.9. The molecule has 0 aliphatic carbocycles. The minimum atomic E-state index is -0.363. The Hall–Kier alpha value is -3.64. The van der Waals surface area contributed by atoms with Crippen LogP contribution in [0.4, 0.5) is 10.8 Å². The standard InChI is InChI=1S/C28H28N2O3S/c1-18(2)15-20-9-11-21(12-10-20)19(3)27(33)30(23-7-5-4-6-8-23)28-29-24(17-34-28)22-13-14-25(31)26(32)16-22/h4-14,16-19,31-32H,15H2,1-3H3. The highest BCUT2D eigenvalue weighted by Crippen LogP contribution is 2.36. The molecule has 6 heteroatoms. The first-order valence-corrected chi connectivity index (χ1v) is 12.2. The van der Waals surface area contributed by atoms with Gasteiger partial charge in [0.1, 0.15) is 0 Å². The summed E-state index contributed by atoms with van der Waals surface area (Å²) in [5.41, 5.74) is 4.24. The number of hydrogen-bond donors (Lipinski definition) is 2. The van der Waals surface area contributed by atoms with Crippen molar-refractivity contribution in [3.05, 3.63) is 89.3 Å². The molecule has 174 valence electrons. The molecule has 3 aromatic carbocycles. The third-order valence-corrected chi connectivity index (χ3v) is 6.51. The zero-order valence-electron chi connectivity index (χ0n) is 19.5. The molecule has 0 bridgehead atoms. The number of anilines is 2. The second kappa shape index (κ2) is 10.1. The van der Waals surface area contributed by atoms with Crippen LogP contribution >= 0.6 is 11.3 Å². The molecule has 4 aromatic rings. The number of amides is 1. The molecule has 1 atom stereocenters. The summed E-state index contributed by atoms with van der Waals surface area (Å²) in [5.74, 6) is -0.255. The van der Waals surface area contributed by atoms with Crippen LogP contribution in [0.2, 0.25) is 0 Å². The van der Waals surface area contributed by atoms with Gasteiger partial charge in [-0.1, -0.05) is 56.3 Å². The third-order valence-electron chi connectivity index (χ3n) is 5.68. The molecule has 0 saturated carbocycles. The summed E-state index contributed by atoms with van der Waals surface area (Å²) >= 11 is 1.36. The van der Waals surface area contributed by atoms with E-state index in [1.807, 2.05) is 54.8 Å². The number of carbonyl (C=O) groups is 1. The molecule has 0 saturated heterocycles. The van der Waals surface area contributed by atoms with E-state index in [9.17, 15) is 15.0 Å². The number of benzene rings is 3. The van der Waals surface area contributed by atoms with Gasteiger partial charge in [-0.3, -0.25) is 9.69 Å². The monoisotopic (exact) mass is 472 g/mol.